The number of rotatable bonds is 13. The molecule has 0 spiro atoms. The standard InChI is InChI=1S/C46H54N8O6S2/c1-24-27(4)62-45-38(24)39(49-34(21-37(57)58)42-52-51-28(5)54(42)45)31-14-12-29(13-15-31)10-9-11-36(56)50-41(46(6,7)8)44(60)53-22-33(55)20-35(53)43(59)48-25(2)30-16-18-32(19-17-30)40-26(3)47-23-61-40/h12-19,23,25,33-35,41,55H,9-11,20-22H2,1-8H3,(H,48,59)(H,50,56)(H,57,58)/t25-,33+,34-,35-,41+/m0/s1. The fourth-order valence-electron chi connectivity index (χ4n) is 8.22. The second kappa shape index (κ2) is 18.0. The summed E-state index contributed by atoms with van der Waals surface area (Å²) in [5, 5.41) is 36.0. The first-order valence-corrected chi connectivity index (χ1v) is 22.6. The number of hydrogen-bond donors (Lipinski definition) is 4. The number of benzene rings is 2. The lowest BCUT2D eigenvalue weighted by Gasteiger charge is -2.35. The summed E-state index contributed by atoms with van der Waals surface area (Å²) < 4.78 is 1.93. The molecule has 4 N–H and O–H groups in total. The highest BCUT2D eigenvalue weighted by Gasteiger charge is 2.45. The lowest BCUT2D eigenvalue weighted by atomic mass is 9.85. The fraction of sp³-hybridized carbons (Fsp3) is 0.435. The second-order valence-electron chi connectivity index (χ2n) is 17.4. The second-order valence-corrected chi connectivity index (χ2v) is 19.5. The van der Waals surface area contributed by atoms with Gasteiger partial charge in [-0.1, -0.05) is 69.3 Å². The summed E-state index contributed by atoms with van der Waals surface area (Å²) in [6.45, 7) is 15.4. The summed E-state index contributed by atoms with van der Waals surface area (Å²) in [7, 11) is 0. The van der Waals surface area contributed by atoms with Crippen LogP contribution in [0.4, 0.5) is 0 Å². The number of aliphatic imine (C=N–C) groups is 1. The van der Waals surface area contributed by atoms with E-state index in [1.165, 1.54) is 4.90 Å². The predicted octanol–water partition coefficient (Wildman–Crippen LogP) is 6.75. The van der Waals surface area contributed by atoms with Crippen LogP contribution < -0.4 is 10.6 Å². The van der Waals surface area contributed by atoms with Crippen LogP contribution in [0.3, 0.4) is 0 Å². The third-order valence-corrected chi connectivity index (χ3v) is 13.9. The van der Waals surface area contributed by atoms with E-state index in [2.05, 4.69) is 32.7 Å². The maximum Gasteiger partial charge on any atom is 0.306 e. The van der Waals surface area contributed by atoms with Crippen molar-refractivity contribution in [2.24, 2.45) is 10.4 Å². The third kappa shape index (κ3) is 9.27. The van der Waals surface area contributed by atoms with Crippen molar-refractivity contribution < 1.29 is 29.4 Å². The number of likely N-dealkylation sites (tertiary alicyclic amines) is 1. The molecule has 5 heterocycles. The molecule has 0 unspecified atom stereocenters. The van der Waals surface area contributed by atoms with E-state index >= 15 is 0 Å². The van der Waals surface area contributed by atoms with Crippen molar-refractivity contribution in [1.82, 2.24) is 35.3 Å². The van der Waals surface area contributed by atoms with Crippen LogP contribution in [0.25, 0.3) is 15.4 Å². The first kappa shape index (κ1) is 44.5. The third-order valence-electron chi connectivity index (χ3n) is 11.8. The zero-order valence-electron chi connectivity index (χ0n) is 36.4. The number of carbonyl (C=O) groups excluding carboxylic acids is 3. The molecule has 3 amide bonds. The molecule has 2 aliphatic rings. The molecular formula is C46H54N8O6S2. The molecule has 0 aliphatic carbocycles. The van der Waals surface area contributed by atoms with Gasteiger partial charge in [0.1, 0.15) is 29.0 Å². The number of amides is 3. The van der Waals surface area contributed by atoms with Crippen LogP contribution in [0.1, 0.15) is 115 Å². The molecule has 0 radical (unpaired) electrons. The molecule has 1 saturated heterocycles. The quantitative estimate of drug-likeness (QED) is 0.0992. The first-order chi connectivity index (χ1) is 29.4. The zero-order chi connectivity index (χ0) is 44.6. The fourth-order valence-corrected chi connectivity index (χ4v) is 10.2. The van der Waals surface area contributed by atoms with Crippen LogP contribution in [-0.2, 0) is 25.6 Å². The Morgan fingerprint density at radius 3 is 2.29 bits per heavy atom. The van der Waals surface area contributed by atoms with E-state index in [1.54, 1.807) is 22.7 Å². The number of fused-ring (bicyclic) bond motifs is 3. The van der Waals surface area contributed by atoms with Crippen molar-refractivity contribution in [1.29, 1.82) is 0 Å². The molecule has 326 valence electrons. The Labute approximate surface area is 369 Å². The van der Waals surface area contributed by atoms with Gasteiger partial charge < -0.3 is 25.7 Å². The van der Waals surface area contributed by atoms with Crippen molar-refractivity contribution in [2.45, 2.75) is 118 Å². The van der Waals surface area contributed by atoms with Gasteiger partial charge in [-0.05, 0) is 75.1 Å². The molecule has 5 atom stereocenters. The smallest absolute Gasteiger partial charge is 0.306 e. The molecule has 14 nitrogen and oxygen atoms in total. The van der Waals surface area contributed by atoms with E-state index in [0.29, 0.717) is 30.2 Å². The van der Waals surface area contributed by atoms with Crippen molar-refractivity contribution in [2.75, 3.05) is 6.54 Å². The molecule has 1 fully saturated rings. The summed E-state index contributed by atoms with van der Waals surface area (Å²) in [4.78, 5) is 66.3. The molecule has 2 aromatic carbocycles. The number of carboxylic acids is 1. The number of carbonyl (C=O) groups is 4. The monoisotopic (exact) mass is 878 g/mol. The van der Waals surface area contributed by atoms with Crippen LogP contribution >= 0.6 is 22.7 Å². The van der Waals surface area contributed by atoms with Crippen LogP contribution in [0.5, 0.6) is 0 Å². The molecule has 7 rings (SSSR count). The molecule has 0 bridgehead atoms. The number of thiophene rings is 1. The number of aryl methyl sites for hydroxylation is 4. The van der Waals surface area contributed by atoms with Crippen molar-refractivity contribution in [3.63, 3.8) is 0 Å². The lowest BCUT2D eigenvalue weighted by Crippen LogP contribution is -2.57. The number of carboxylic acid groups (broad SMARTS) is 1. The Balaban J connectivity index is 0.982. The van der Waals surface area contributed by atoms with Gasteiger partial charge in [0.15, 0.2) is 5.82 Å². The van der Waals surface area contributed by atoms with Gasteiger partial charge in [0, 0.05) is 35.4 Å². The van der Waals surface area contributed by atoms with Gasteiger partial charge in [0.05, 0.1) is 40.4 Å². The Bertz CT molecular complexity index is 2520. The molecular weight excluding hydrogens is 825 g/mol. The highest BCUT2D eigenvalue weighted by molar-refractivity contribution is 7.15. The summed E-state index contributed by atoms with van der Waals surface area (Å²) in [6, 6.07) is 13.0. The molecule has 2 aliphatic heterocycles. The van der Waals surface area contributed by atoms with Crippen LogP contribution in [-0.4, -0.2) is 89.0 Å². The number of aliphatic hydroxyl groups is 1. The average Bonchev–Trinajstić information content (AvgIpc) is 3.99. The molecule has 16 heteroatoms. The van der Waals surface area contributed by atoms with Crippen molar-refractivity contribution in [3.8, 4) is 15.4 Å². The Morgan fingerprint density at radius 2 is 1.65 bits per heavy atom. The SMILES string of the molecule is Cc1ncsc1-c1ccc([C@H](C)NC(=O)[C@@H]2C[C@@H](O)CN2C(=O)[C@@H](NC(=O)CCCc2ccc(C3=N[C@@H](CC(=O)O)c4nnc(C)n4-c4sc(C)c(C)c43)cc2)C(C)(C)C)cc1. The Kier molecular flexibility index (Phi) is 12.9. The number of nitrogens with zero attached hydrogens (tertiary/aromatic N) is 6. The average molecular weight is 879 g/mol. The van der Waals surface area contributed by atoms with E-state index in [0.717, 1.165) is 53.8 Å². The predicted molar refractivity (Wildman–Crippen MR) is 240 cm³/mol. The molecule has 0 saturated carbocycles. The summed E-state index contributed by atoms with van der Waals surface area (Å²) in [6.07, 6.45) is 0.298. The topological polar surface area (TPSA) is 192 Å². The maximum absolute atomic E-state index is 14.2. The zero-order valence-corrected chi connectivity index (χ0v) is 38.0. The molecule has 3 aromatic heterocycles. The number of hydrogen-bond acceptors (Lipinski definition) is 11. The number of β-amino-alcohol motifs (C(OH)–C–C–N with tert-alkyl or cyclic N) is 1. The summed E-state index contributed by atoms with van der Waals surface area (Å²) >= 11 is 3.18. The maximum atomic E-state index is 14.2. The van der Waals surface area contributed by atoms with E-state index < -0.39 is 41.5 Å². The molecule has 62 heavy (non-hydrogen) atoms. The van der Waals surface area contributed by atoms with E-state index in [1.807, 2.05) is 107 Å². The van der Waals surface area contributed by atoms with Gasteiger partial charge in [-0.15, -0.1) is 32.9 Å². The van der Waals surface area contributed by atoms with E-state index in [9.17, 15) is 29.4 Å². The number of thiazole rings is 1. The van der Waals surface area contributed by atoms with Crippen LogP contribution in [0.15, 0.2) is 59.0 Å². The van der Waals surface area contributed by atoms with Gasteiger partial charge in [-0.2, -0.15) is 0 Å². The number of aromatic nitrogens is 4. The number of aliphatic hydroxyl groups excluding tert-OH is 1. The number of nitrogens with one attached hydrogen (secondary N) is 2. The highest BCUT2D eigenvalue weighted by atomic mass is 32.1. The van der Waals surface area contributed by atoms with E-state index in [-0.39, 0.29) is 43.7 Å². The van der Waals surface area contributed by atoms with Crippen molar-refractivity contribution in [3.05, 3.63) is 104 Å². The summed E-state index contributed by atoms with van der Waals surface area (Å²) in [5.74, 6) is -0.856. The summed E-state index contributed by atoms with van der Waals surface area (Å²) in [5.41, 5.74) is 8.61. The van der Waals surface area contributed by atoms with Gasteiger partial charge in [0.25, 0.3) is 0 Å². The highest BCUT2D eigenvalue weighted by Crippen LogP contribution is 2.40. The van der Waals surface area contributed by atoms with Crippen LogP contribution in [0.2, 0.25) is 0 Å². The van der Waals surface area contributed by atoms with Crippen LogP contribution in [0, 0.1) is 33.1 Å². The Hall–Kier alpha value is -5.58. The minimum atomic E-state index is -0.978. The molecule has 5 aromatic rings. The Morgan fingerprint density at radius 1 is 0.952 bits per heavy atom. The normalized spacial score (nSPS) is 18.3. The van der Waals surface area contributed by atoms with E-state index in [4.69, 9.17) is 4.99 Å². The first-order valence-electron chi connectivity index (χ1n) is 20.9. The van der Waals surface area contributed by atoms with Gasteiger partial charge in [-0.3, -0.25) is 28.7 Å². The van der Waals surface area contributed by atoms with Gasteiger partial charge >= 0.3 is 5.97 Å². The number of aliphatic carboxylic acids is 1. The minimum Gasteiger partial charge on any atom is -0.481 e. The lowest BCUT2D eigenvalue weighted by molar-refractivity contribution is -0.144. The minimum absolute atomic E-state index is 0.00686. The van der Waals surface area contributed by atoms with Gasteiger partial charge in [-0.25, -0.2) is 4.98 Å². The van der Waals surface area contributed by atoms with Crippen molar-refractivity contribution >= 4 is 52.1 Å². The van der Waals surface area contributed by atoms with Gasteiger partial charge in [0.2, 0.25) is 17.7 Å². The largest absolute Gasteiger partial charge is 0.481 e.